The van der Waals surface area contributed by atoms with E-state index in [2.05, 4.69) is 9.97 Å². The quantitative estimate of drug-likeness (QED) is 0.910. The number of nitrogen functional groups attached to an aromatic ring is 1. The van der Waals surface area contributed by atoms with Crippen LogP contribution in [-0.2, 0) is 6.18 Å². The molecule has 2 aromatic rings. The van der Waals surface area contributed by atoms with E-state index >= 15 is 0 Å². The Morgan fingerprint density at radius 1 is 1.16 bits per heavy atom. The smallest absolute Gasteiger partial charge is 0.418 e. The van der Waals surface area contributed by atoms with Crippen molar-refractivity contribution in [3.8, 4) is 17.0 Å². The van der Waals surface area contributed by atoms with Crippen LogP contribution in [0.1, 0.15) is 5.56 Å². The number of halogens is 3. The number of nitrogens with zero attached hydrogens (tertiary/aromatic N) is 2. The maximum Gasteiger partial charge on any atom is 0.418 e. The molecule has 4 nitrogen and oxygen atoms in total. The SMILES string of the molecule is COc1cncc(-c2ncc(N)cc2C(F)(F)F)c1. The largest absolute Gasteiger partial charge is 0.495 e. The van der Waals surface area contributed by atoms with Gasteiger partial charge in [0.2, 0.25) is 0 Å². The van der Waals surface area contributed by atoms with Crippen molar-refractivity contribution in [3.63, 3.8) is 0 Å². The number of hydrogen-bond donors (Lipinski definition) is 1. The van der Waals surface area contributed by atoms with Gasteiger partial charge in [0.1, 0.15) is 5.75 Å². The zero-order valence-corrected chi connectivity index (χ0v) is 9.90. The minimum Gasteiger partial charge on any atom is -0.495 e. The molecule has 2 heterocycles. The van der Waals surface area contributed by atoms with Gasteiger partial charge in [-0.2, -0.15) is 13.2 Å². The van der Waals surface area contributed by atoms with E-state index in [9.17, 15) is 13.2 Å². The van der Waals surface area contributed by atoms with Crippen LogP contribution in [0.3, 0.4) is 0 Å². The highest BCUT2D eigenvalue weighted by atomic mass is 19.4. The van der Waals surface area contributed by atoms with Crippen LogP contribution >= 0.6 is 0 Å². The number of hydrogen-bond acceptors (Lipinski definition) is 4. The van der Waals surface area contributed by atoms with Crippen LogP contribution in [0.2, 0.25) is 0 Å². The number of rotatable bonds is 2. The van der Waals surface area contributed by atoms with Crippen molar-refractivity contribution in [2.75, 3.05) is 12.8 Å². The maximum atomic E-state index is 12.9. The number of methoxy groups -OCH3 is 1. The third kappa shape index (κ3) is 2.75. The molecule has 0 unspecified atom stereocenters. The molecule has 2 rings (SSSR count). The summed E-state index contributed by atoms with van der Waals surface area (Å²) in [5.74, 6) is 0.351. The van der Waals surface area contributed by atoms with Gasteiger partial charge in [-0.05, 0) is 12.1 Å². The molecule has 0 saturated heterocycles. The standard InChI is InChI=1S/C12H10F3N3O/c1-19-9-2-7(4-17-6-9)11-10(12(13,14)15)3-8(16)5-18-11/h2-6H,16H2,1H3. The third-order valence-electron chi connectivity index (χ3n) is 2.44. The van der Waals surface area contributed by atoms with Crippen LogP contribution < -0.4 is 10.5 Å². The third-order valence-corrected chi connectivity index (χ3v) is 2.44. The summed E-state index contributed by atoms with van der Waals surface area (Å²) in [5, 5.41) is 0. The van der Waals surface area contributed by atoms with Crippen LogP contribution in [-0.4, -0.2) is 17.1 Å². The van der Waals surface area contributed by atoms with E-state index in [-0.39, 0.29) is 16.9 Å². The Morgan fingerprint density at radius 2 is 1.89 bits per heavy atom. The number of ether oxygens (including phenoxy) is 1. The summed E-state index contributed by atoms with van der Waals surface area (Å²) in [6, 6.07) is 2.28. The van der Waals surface area contributed by atoms with Gasteiger partial charge in [-0.1, -0.05) is 0 Å². The number of pyridine rings is 2. The van der Waals surface area contributed by atoms with Crippen molar-refractivity contribution in [2.45, 2.75) is 6.18 Å². The first-order chi connectivity index (χ1) is 8.91. The molecule has 0 spiro atoms. The summed E-state index contributed by atoms with van der Waals surface area (Å²) in [7, 11) is 1.40. The van der Waals surface area contributed by atoms with Gasteiger partial charge < -0.3 is 10.5 Å². The molecular weight excluding hydrogens is 259 g/mol. The summed E-state index contributed by atoms with van der Waals surface area (Å²) in [6.45, 7) is 0. The van der Waals surface area contributed by atoms with Crippen molar-refractivity contribution < 1.29 is 17.9 Å². The van der Waals surface area contributed by atoms with Gasteiger partial charge in [0.05, 0.1) is 36.4 Å². The minimum atomic E-state index is -4.54. The molecule has 0 aromatic carbocycles. The Labute approximate surface area is 107 Å². The average Bonchev–Trinajstić information content (AvgIpc) is 2.37. The Morgan fingerprint density at radius 3 is 2.53 bits per heavy atom. The van der Waals surface area contributed by atoms with E-state index < -0.39 is 11.7 Å². The van der Waals surface area contributed by atoms with E-state index in [1.165, 1.54) is 31.8 Å². The molecule has 2 N–H and O–H groups in total. The maximum absolute atomic E-state index is 12.9. The fraction of sp³-hybridized carbons (Fsp3) is 0.167. The van der Waals surface area contributed by atoms with Crippen LogP contribution in [0.25, 0.3) is 11.3 Å². The molecule has 7 heteroatoms. The summed E-state index contributed by atoms with van der Waals surface area (Å²) in [6.07, 6.45) is -0.685. The van der Waals surface area contributed by atoms with Gasteiger partial charge in [0, 0.05) is 11.8 Å². The van der Waals surface area contributed by atoms with E-state index in [1.54, 1.807) is 0 Å². The molecule has 0 amide bonds. The summed E-state index contributed by atoms with van der Waals surface area (Å²) >= 11 is 0. The lowest BCUT2D eigenvalue weighted by Gasteiger charge is -2.13. The fourth-order valence-electron chi connectivity index (χ4n) is 1.59. The Kier molecular flexibility index (Phi) is 3.28. The van der Waals surface area contributed by atoms with Crippen molar-refractivity contribution in [2.24, 2.45) is 0 Å². The minimum absolute atomic E-state index is 0.0491. The molecule has 0 fully saturated rings. The van der Waals surface area contributed by atoms with Gasteiger partial charge >= 0.3 is 6.18 Å². The van der Waals surface area contributed by atoms with E-state index in [4.69, 9.17) is 10.5 Å². The van der Waals surface area contributed by atoms with Gasteiger partial charge in [0.15, 0.2) is 0 Å². The molecular formula is C12H10F3N3O. The molecule has 0 bridgehead atoms. The zero-order chi connectivity index (χ0) is 14.0. The Hall–Kier alpha value is -2.31. The summed E-state index contributed by atoms with van der Waals surface area (Å²) in [5.41, 5.74) is 4.39. The van der Waals surface area contributed by atoms with Crippen LogP contribution in [0, 0.1) is 0 Å². The predicted octanol–water partition coefficient (Wildman–Crippen LogP) is 2.75. The number of alkyl halides is 3. The van der Waals surface area contributed by atoms with Gasteiger partial charge in [-0.3, -0.25) is 9.97 Å². The lowest BCUT2D eigenvalue weighted by atomic mass is 10.1. The molecule has 0 aliphatic heterocycles. The van der Waals surface area contributed by atoms with Crippen LogP contribution in [0.15, 0.2) is 30.7 Å². The topological polar surface area (TPSA) is 61.0 Å². The number of anilines is 1. The molecule has 19 heavy (non-hydrogen) atoms. The molecule has 0 aliphatic rings. The van der Waals surface area contributed by atoms with Crippen molar-refractivity contribution in [1.29, 1.82) is 0 Å². The normalized spacial score (nSPS) is 11.4. The second kappa shape index (κ2) is 4.75. The van der Waals surface area contributed by atoms with E-state index in [0.717, 1.165) is 6.07 Å². The predicted molar refractivity (Wildman–Crippen MR) is 63.4 cm³/mol. The first-order valence-electron chi connectivity index (χ1n) is 5.24. The zero-order valence-electron chi connectivity index (χ0n) is 9.90. The van der Waals surface area contributed by atoms with Gasteiger partial charge in [-0.25, -0.2) is 0 Å². The molecule has 0 saturated carbocycles. The van der Waals surface area contributed by atoms with Crippen molar-refractivity contribution >= 4 is 5.69 Å². The number of nitrogens with two attached hydrogens (primary N) is 1. The highest BCUT2D eigenvalue weighted by Crippen LogP contribution is 2.37. The van der Waals surface area contributed by atoms with E-state index in [0.29, 0.717) is 5.75 Å². The molecule has 100 valence electrons. The second-order valence-electron chi connectivity index (χ2n) is 3.78. The highest BCUT2D eigenvalue weighted by molar-refractivity contribution is 5.66. The van der Waals surface area contributed by atoms with Crippen molar-refractivity contribution in [1.82, 2.24) is 9.97 Å². The molecule has 0 aliphatic carbocycles. The summed E-state index contributed by atoms with van der Waals surface area (Å²) in [4.78, 5) is 7.56. The van der Waals surface area contributed by atoms with Gasteiger partial charge in [0.25, 0.3) is 0 Å². The fourth-order valence-corrected chi connectivity index (χ4v) is 1.59. The first kappa shape index (κ1) is 13.1. The second-order valence-corrected chi connectivity index (χ2v) is 3.78. The monoisotopic (exact) mass is 269 g/mol. The molecule has 2 aromatic heterocycles. The Balaban J connectivity index is 2.61. The van der Waals surface area contributed by atoms with Crippen LogP contribution in [0.5, 0.6) is 5.75 Å². The summed E-state index contributed by atoms with van der Waals surface area (Å²) < 4.78 is 43.8. The van der Waals surface area contributed by atoms with E-state index in [1.807, 2.05) is 0 Å². The highest BCUT2D eigenvalue weighted by Gasteiger charge is 2.35. The molecule has 0 atom stereocenters. The molecule has 0 radical (unpaired) electrons. The average molecular weight is 269 g/mol. The van der Waals surface area contributed by atoms with Crippen LogP contribution in [0.4, 0.5) is 18.9 Å². The van der Waals surface area contributed by atoms with Crippen molar-refractivity contribution in [3.05, 3.63) is 36.3 Å². The lowest BCUT2D eigenvalue weighted by Crippen LogP contribution is -2.09. The first-order valence-corrected chi connectivity index (χ1v) is 5.24. The Bertz CT molecular complexity index is 599. The lowest BCUT2D eigenvalue weighted by molar-refractivity contribution is -0.137. The van der Waals surface area contributed by atoms with Gasteiger partial charge in [-0.15, -0.1) is 0 Å². The number of aromatic nitrogens is 2.